The van der Waals surface area contributed by atoms with Crippen molar-refractivity contribution in [1.82, 2.24) is 5.06 Å². The van der Waals surface area contributed by atoms with Gasteiger partial charge in [0.2, 0.25) is 0 Å². The normalized spacial score (nSPS) is 16.2. The first-order valence-corrected chi connectivity index (χ1v) is 14.1. The lowest BCUT2D eigenvalue weighted by Crippen LogP contribution is -2.42. The van der Waals surface area contributed by atoms with E-state index in [0.29, 0.717) is 17.2 Å². The summed E-state index contributed by atoms with van der Waals surface area (Å²) in [7, 11) is -6.13. The largest absolute Gasteiger partial charge is 0.525 e. The number of halogens is 3. The fourth-order valence-corrected chi connectivity index (χ4v) is 5.07. The number of amides is 1. The summed E-state index contributed by atoms with van der Waals surface area (Å²) in [5, 5.41) is 11.6. The number of hydrogen-bond acceptors (Lipinski definition) is 5. The van der Waals surface area contributed by atoms with E-state index in [0.717, 1.165) is 24.8 Å². The second-order valence-electron chi connectivity index (χ2n) is 9.35. The van der Waals surface area contributed by atoms with Crippen molar-refractivity contribution in [2.45, 2.75) is 95.7 Å². The molecule has 2 aromatic carbocycles. The van der Waals surface area contributed by atoms with Gasteiger partial charge in [-0.2, -0.15) is 26.7 Å². The van der Waals surface area contributed by atoms with Gasteiger partial charge in [-0.15, -0.1) is 4.28 Å². The van der Waals surface area contributed by atoms with E-state index in [1.807, 2.05) is 6.07 Å². The van der Waals surface area contributed by atoms with E-state index >= 15 is 0 Å². The lowest BCUT2D eigenvalue weighted by Gasteiger charge is -2.32. The van der Waals surface area contributed by atoms with Gasteiger partial charge in [-0.3, -0.25) is 4.79 Å². The average Bonchev–Trinajstić information content (AvgIpc) is 2.82. The zero-order valence-corrected chi connectivity index (χ0v) is 21.3. The summed E-state index contributed by atoms with van der Waals surface area (Å²) in [4.78, 5) is 12.7. The quantitative estimate of drug-likeness (QED) is 0.212. The molecule has 200 valence electrons. The molecule has 3 rings (SSSR count). The number of aliphatic hydroxyl groups is 1. The number of unbranched alkanes of at least 4 members (excludes halogenated alkanes) is 10. The standard InChI is InChI=1S/C26H34F3NO5S/c1-2-3-4-5-6-7-8-9-10-11-12-14-19-17-20-15-13-16-21-23(20)22(18-19)25(32)30(24(21)31)35-36(33,34)26(27,28)29/h13,15-18,25,32H,2-12,14H2,1H3. The molecule has 0 spiro atoms. The van der Waals surface area contributed by atoms with Gasteiger partial charge in [0.1, 0.15) is 0 Å². The summed E-state index contributed by atoms with van der Waals surface area (Å²) >= 11 is 0. The van der Waals surface area contributed by atoms with Crippen molar-refractivity contribution in [2.75, 3.05) is 0 Å². The van der Waals surface area contributed by atoms with Crippen molar-refractivity contribution >= 4 is 26.8 Å². The van der Waals surface area contributed by atoms with Crippen molar-refractivity contribution in [3.63, 3.8) is 0 Å². The second-order valence-corrected chi connectivity index (χ2v) is 10.9. The van der Waals surface area contributed by atoms with Gasteiger partial charge in [0, 0.05) is 10.9 Å². The van der Waals surface area contributed by atoms with E-state index in [4.69, 9.17) is 0 Å². The van der Waals surface area contributed by atoms with Crippen molar-refractivity contribution in [2.24, 2.45) is 0 Å². The summed E-state index contributed by atoms with van der Waals surface area (Å²) in [5.74, 6) is -1.16. The van der Waals surface area contributed by atoms with E-state index < -0.39 is 27.8 Å². The van der Waals surface area contributed by atoms with Crippen LogP contribution in [-0.2, 0) is 20.8 Å². The predicted octanol–water partition coefficient (Wildman–Crippen LogP) is 6.92. The third-order valence-corrected chi connectivity index (χ3v) is 7.45. The number of hydroxylamine groups is 2. The summed E-state index contributed by atoms with van der Waals surface area (Å²) in [6.45, 7) is 2.21. The minimum Gasteiger partial charge on any atom is -0.367 e. The number of benzene rings is 2. The third-order valence-electron chi connectivity index (χ3n) is 6.53. The smallest absolute Gasteiger partial charge is 0.367 e. The van der Waals surface area contributed by atoms with E-state index in [1.165, 1.54) is 57.4 Å². The summed E-state index contributed by atoms with van der Waals surface area (Å²) in [5.41, 5.74) is -4.79. The van der Waals surface area contributed by atoms with Crippen molar-refractivity contribution < 1.29 is 35.8 Å². The molecule has 0 aliphatic carbocycles. The molecular weight excluding hydrogens is 495 g/mol. The van der Waals surface area contributed by atoms with Gasteiger partial charge in [-0.1, -0.05) is 95.4 Å². The van der Waals surface area contributed by atoms with Crippen LogP contribution >= 0.6 is 0 Å². The molecule has 0 bridgehead atoms. The number of aryl methyl sites for hydroxylation is 1. The molecule has 1 unspecified atom stereocenters. The fourth-order valence-electron chi connectivity index (χ4n) is 4.62. The molecule has 1 heterocycles. The van der Waals surface area contributed by atoms with E-state index in [-0.39, 0.29) is 16.2 Å². The number of carbonyl (C=O) groups excluding carboxylic acids is 1. The van der Waals surface area contributed by atoms with Crippen LogP contribution in [0.4, 0.5) is 13.2 Å². The lowest BCUT2D eigenvalue weighted by atomic mass is 9.91. The number of alkyl halides is 3. The number of hydrogen-bond donors (Lipinski definition) is 1. The number of aliphatic hydroxyl groups excluding tert-OH is 1. The first kappa shape index (κ1) is 28.4. The highest BCUT2D eigenvalue weighted by atomic mass is 32.2. The van der Waals surface area contributed by atoms with Crippen LogP contribution in [0.15, 0.2) is 30.3 Å². The minimum atomic E-state index is -6.13. The molecule has 1 amide bonds. The van der Waals surface area contributed by atoms with Gasteiger partial charge in [0.05, 0.1) is 5.56 Å². The molecule has 1 atom stereocenters. The van der Waals surface area contributed by atoms with Gasteiger partial charge in [-0.25, -0.2) is 0 Å². The number of nitrogens with zero attached hydrogens (tertiary/aromatic N) is 1. The van der Waals surface area contributed by atoms with Crippen LogP contribution < -0.4 is 0 Å². The Bertz CT molecular complexity index is 1150. The van der Waals surface area contributed by atoms with Crippen LogP contribution in [0.5, 0.6) is 0 Å². The highest BCUT2D eigenvalue weighted by Crippen LogP contribution is 2.39. The number of carbonyl (C=O) groups is 1. The molecule has 36 heavy (non-hydrogen) atoms. The zero-order valence-electron chi connectivity index (χ0n) is 20.5. The van der Waals surface area contributed by atoms with Crippen molar-refractivity contribution in [3.05, 3.63) is 47.0 Å². The van der Waals surface area contributed by atoms with Crippen LogP contribution in [0.3, 0.4) is 0 Å². The van der Waals surface area contributed by atoms with Crippen LogP contribution in [0.2, 0.25) is 0 Å². The van der Waals surface area contributed by atoms with Crippen molar-refractivity contribution in [1.29, 1.82) is 0 Å². The molecule has 2 aromatic rings. The molecule has 0 aromatic heterocycles. The lowest BCUT2D eigenvalue weighted by molar-refractivity contribution is -0.151. The second kappa shape index (κ2) is 12.4. The average molecular weight is 530 g/mol. The predicted molar refractivity (Wildman–Crippen MR) is 131 cm³/mol. The Morgan fingerprint density at radius 2 is 1.53 bits per heavy atom. The maximum atomic E-state index is 12.8. The Hall–Kier alpha value is -2.17. The molecule has 1 N–H and O–H groups in total. The van der Waals surface area contributed by atoms with Gasteiger partial charge < -0.3 is 5.11 Å². The van der Waals surface area contributed by atoms with E-state index in [9.17, 15) is 31.5 Å². The monoisotopic (exact) mass is 529 g/mol. The van der Waals surface area contributed by atoms with E-state index in [2.05, 4.69) is 11.2 Å². The van der Waals surface area contributed by atoms with Crippen LogP contribution in [-0.4, -0.2) is 30.0 Å². The summed E-state index contributed by atoms with van der Waals surface area (Å²) in [6.07, 6.45) is 11.9. The molecule has 0 fully saturated rings. The molecule has 0 saturated carbocycles. The first-order chi connectivity index (χ1) is 17.1. The Morgan fingerprint density at radius 3 is 2.11 bits per heavy atom. The highest BCUT2D eigenvalue weighted by Gasteiger charge is 2.51. The molecule has 6 nitrogen and oxygen atoms in total. The topological polar surface area (TPSA) is 83.9 Å². The Balaban J connectivity index is 1.63. The molecule has 0 radical (unpaired) electrons. The fraction of sp³-hybridized carbons (Fsp3) is 0.577. The maximum absolute atomic E-state index is 12.8. The van der Waals surface area contributed by atoms with Gasteiger partial charge >= 0.3 is 15.6 Å². The molecular formula is C26H34F3NO5S. The van der Waals surface area contributed by atoms with E-state index in [1.54, 1.807) is 18.2 Å². The summed E-state index contributed by atoms with van der Waals surface area (Å²) in [6, 6.07) is 8.16. The first-order valence-electron chi connectivity index (χ1n) is 12.6. The van der Waals surface area contributed by atoms with Crippen LogP contribution in [0.25, 0.3) is 10.8 Å². The minimum absolute atomic E-state index is 0.0357. The SMILES string of the molecule is CCCCCCCCCCCCCc1cc2c3c(cccc3c1)C(=O)N(OS(=O)(=O)C(F)(F)F)C2O. The Kier molecular flexibility index (Phi) is 9.77. The maximum Gasteiger partial charge on any atom is 0.525 e. The van der Waals surface area contributed by atoms with Crippen LogP contribution in [0.1, 0.15) is 105 Å². The molecule has 10 heteroatoms. The Labute approximate surface area is 210 Å². The highest BCUT2D eigenvalue weighted by molar-refractivity contribution is 7.87. The van der Waals surface area contributed by atoms with Gasteiger partial charge in [0.15, 0.2) is 6.23 Å². The summed E-state index contributed by atoms with van der Waals surface area (Å²) < 4.78 is 65.6. The van der Waals surface area contributed by atoms with Gasteiger partial charge in [-0.05, 0) is 29.9 Å². The van der Waals surface area contributed by atoms with Gasteiger partial charge in [0.25, 0.3) is 5.91 Å². The zero-order chi connectivity index (χ0) is 26.3. The van der Waals surface area contributed by atoms with Crippen molar-refractivity contribution in [3.8, 4) is 0 Å². The Morgan fingerprint density at radius 1 is 0.944 bits per heavy atom. The molecule has 1 aliphatic heterocycles. The molecule has 0 saturated heterocycles. The third kappa shape index (κ3) is 6.77. The van der Waals surface area contributed by atoms with Crippen LogP contribution in [0, 0.1) is 0 Å². The number of rotatable bonds is 14. The molecule has 1 aliphatic rings.